The molecular weight excluding hydrogens is 709 g/mol. The highest BCUT2D eigenvalue weighted by atomic mass is 127. The Balaban J connectivity index is 1.64. The zero-order chi connectivity index (χ0) is 22.4. The molecule has 0 saturated heterocycles. The van der Waals surface area contributed by atoms with E-state index in [-0.39, 0.29) is 5.91 Å². The minimum absolute atomic E-state index is 0.317. The van der Waals surface area contributed by atoms with Gasteiger partial charge in [0.05, 0.1) is 24.9 Å². The van der Waals surface area contributed by atoms with Gasteiger partial charge >= 0.3 is 0 Å². The molecule has 3 rings (SSSR count). The van der Waals surface area contributed by atoms with Gasteiger partial charge in [0.15, 0.2) is 0 Å². The Labute approximate surface area is 221 Å². The van der Waals surface area contributed by atoms with Gasteiger partial charge < -0.3 is 9.47 Å². The topological polar surface area (TPSA) is 59.9 Å². The number of benzene rings is 3. The zero-order valence-electron chi connectivity index (χ0n) is 16.2. The molecule has 31 heavy (non-hydrogen) atoms. The Morgan fingerprint density at radius 3 is 2.55 bits per heavy atom. The molecule has 0 radical (unpaired) electrons. The van der Waals surface area contributed by atoms with E-state index in [1.807, 2.05) is 42.5 Å². The maximum absolute atomic E-state index is 12.3. The molecule has 3 aromatic carbocycles. The summed E-state index contributed by atoms with van der Waals surface area (Å²) >= 11 is 13.8. The van der Waals surface area contributed by atoms with E-state index in [2.05, 4.69) is 71.6 Å². The Kier molecular flexibility index (Phi) is 8.99. The number of nitrogens with zero attached hydrogens (tertiary/aromatic N) is 1. The Morgan fingerprint density at radius 1 is 1.13 bits per heavy atom. The molecule has 0 spiro atoms. The van der Waals surface area contributed by atoms with Crippen LogP contribution in [0.3, 0.4) is 0 Å². The molecule has 0 saturated carbocycles. The lowest BCUT2D eigenvalue weighted by Gasteiger charge is -2.11. The van der Waals surface area contributed by atoms with Crippen LogP contribution in [0.1, 0.15) is 21.5 Å². The predicted octanol–water partition coefficient (Wildman–Crippen LogP) is 6.66. The fourth-order valence-electron chi connectivity index (χ4n) is 2.56. The molecule has 160 valence electrons. The van der Waals surface area contributed by atoms with Crippen molar-refractivity contribution in [3.05, 3.63) is 87.9 Å². The molecule has 0 atom stereocenters. The predicted molar refractivity (Wildman–Crippen MR) is 143 cm³/mol. The number of halogens is 4. The number of carbonyl (C=O) groups is 1. The second kappa shape index (κ2) is 11.5. The highest BCUT2D eigenvalue weighted by Crippen LogP contribution is 2.32. The second-order valence-electron chi connectivity index (χ2n) is 6.28. The lowest BCUT2D eigenvalue weighted by molar-refractivity contribution is 0.0954. The normalized spacial score (nSPS) is 10.9. The van der Waals surface area contributed by atoms with Gasteiger partial charge in [-0.2, -0.15) is 5.10 Å². The summed E-state index contributed by atoms with van der Waals surface area (Å²) in [4.78, 5) is 12.3. The molecule has 9 heteroatoms. The van der Waals surface area contributed by atoms with Gasteiger partial charge in [-0.1, -0.05) is 23.7 Å². The minimum atomic E-state index is -0.317. The maximum Gasteiger partial charge on any atom is 0.271 e. The van der Waals surface area contributed by atoms with Crippen molar-refractivity contribution >= 4 is 84.8 Å². The molecule has 0 fully saturated rings. The van der Waals surface area contributed by atoms with E-state index in [1.165, 1.54) is 0 Å². The molecule has 0 unspecified atom stereocenters. The zero-order valence-corrected chi connectivity index (χ0v) is 22.8. The molecule has 0 aliphatic rings. The fourth-order valence-corrected chi connectivity index (χ4v) is 5.01. The van der Waals surface area contributed by atoms with Crippen LogP contribution in [0.15, 0.2) is 64.2 Å². The first-order valence-corrected chi connectivity index (χ1v) is 12.2. The van der Waals surface area contributed by atoms with E-state index in [9.17, 15) is 4.79 Å². The molecule has 0 heterocycles. The SMILES string of the molecule is COc1cc(C(=O)N/N=C\c2cc(Br)c(OCc3ccc(Cl)cc3)c(I)c2)ccc1I. The number of hydrogen-bond donors (Lipinski definition) is 1. The molecule has 0 aromatic heterocycles. The summed E-state index contributed by atoms with van der Waals surface area (Å²) in [5.74, 6) is 1.07. The van der Waals surface area contributed by atoms with Crippen molar-refractivity contribution in [2.45, 2.75) is 6.61 Å². The number of rotatable bonds is 7. The van der Waals surface area contributed by atoms with E-state index >= 15 is 0 Å². The second-order valence-corrected chi connectivity index (χ2v) is 9.89. The molecule has 0 aliphatic carbocycles. The molecular formula is C22H16BrClI2N2O3. The van der Waals surface area contributed by atoms with Gasteiger partial charge in [0.2, 0.25) is 0 Å². The van der Waals surface area contributed by atoms with Crippen LogP contribution in [0.4, 0.5) is 0 Å². The van der Waals surface area contributed by atoms with Crippen LogP contribution in [0.25, 0.3) is 0 Å². The van der Waals surface area contributed by atoms with Gasteiger partial charge in [-0.15, -0.1) is 0 Å². The van der Waals surface area contributed by atoms with E-state index in [1.54, 1.807) is 25.5 Å². The summed E-state index contributed by atoms with van der Waals surface area (Å²) in [6, 6.07) is 16.5. The van der Waals surface area contributed by atoms with E-state index in [4.69, 9.17) is 21.1 Å². The van der Waals surface area contributed by atoms with Crippen molar-refractivity contribution in [1.82, 2.24) is 5.43 Å². The van der Waals surface area contributed by atoms with Crippen molar-refractivity contribution in [3.8, 4) is 11.5 Å². The third-order valence-electron chi connectivity index (χ3n) is 4.11. The van der Waals surface area contributed by atoms with E-state index < -0.39 is 0 Å². The van der Waals surface area contributed by atoms with Crippen LogP contribution in [-0.4, -0.2) is 19.2 Å². The van der Waals surface area contributed by atoms with Crippen molar-refractivity contribution < 1.29 is 14.3 Å². The molecule has 0 aliphatic heterocycles. The Bertz CT molecular complexity index is 1100. The molecule has 1 amide bonds. The first-order valence-electron chi connectivity index (χ1n) is 8.90. The molecule has 3 aromatic rings. The number of nitrogens with one attached hydrogen (secondary N) is 1. The summed E-state index contributed by atoms with van der Waals surface area (Å²) < 4.78 is 13.8. The number of methoxy groups -OCH3 is 1. The van der Waals surface area contributed by atoms with Crippen LogP contribution in [0, 0.1) is 7.14 Å². The summed E-state index contributed by atoms with van der Waals surface area (Å²) in [5.41, 5.74) is 4.84. The van der Waals surface area contributed by atoms with Crippen molar-refractivity contribution in [2.24, 2.45) is 5.10 Å². The third-order valence-corrected chi connectivity index (χ3v) is 6.64. The smallest absolute Gasteiger partial charge is 0.271 e. The minimum Gasteiger partial charge on any atom is -0.496 e. The highest BCUT2D eigenvalue weighted by Gasteiger charge is 2.10. The standard InChI is InChI=1S/C22H16BrClI2N2O3/c1-30-20-10-15(4-7-18(20)25)22(29)28-27-11-14-8-17(23)21(19(26)9-14)31-12-13-2-5-16(24)6-3-13/h2-11H,12H2,1H3,(H,28,29)/b27-11-. The van der Waals surface area contributed by atoms with Gasteiger partial charge in [0.1, 0.15) is 18.1 Å². The lowest BCUT2D eigenvalue weighted by atomic mass is 10.2. The average molecular weight is 726 g/mol. The number of hydrazone groups is 1. The third kappa shape index (κ3) is 6.80. The largest absolute Gasteiger partial charge is 0.496 e. The van der Waals surface area contributed by atoms with Gasteiger partial charge in [-0.25, -0.2) is 5.43 Å². The van der Waals surface area contributed by atoms with Crippen LogP contribution in [0.5, 0.6) is 11.5 Å². The number of carbonyl (C=O) groups excluding carboxylic acids is 1. The summed E-state index contributed by atoms with van der Waals surface area (Å²) in [6.45, 7) is 0.425. The lowest BCUT2D eigenvalue weighted by Crippen LogP contribution is -2.17. The Morgan fingerprint density at radius 2 is 1.87 bits per heavy atom. The highest BCUT2D eigenvalue weighted by molar-refractivity contribution is 14.1. The van der Waals surface area contributed by atoms with Crippen LogP contribution < -0.4 is 14.9 Å². The van der Waals surface area contributed by atoms with Crippen molar-refractivity contribution in [1.29, 1.82) is 0 Å². The maximum atomic E-state index is 12.3. The molecule has 1 N–H and O–H groups in total. The number of ether oxygens (including phenoxy) is 2. The number of hydrogen-bond acceptors (Lipinski definition) is 4. The van der Waals surface area contributed by atoms with E-state index in [0.29, 0.717) is 22.9 Å². The average Bonchev–Trinajstić information content (AvgIpc) is 2.74. The van der Waals surface area contributed by atoms with E-state index in [0.717, 1.165) is 28.5 Å². The fraction of sp³-hybridized carbons (Fsp3) is 0.0909. The summed E-state index contributed by atoms with van der Waals surface area (Å²) in [7, 11) is 1.57. The Hall–Kier alpha value is -1.37. The van der Waals surface area contributed by atoms with Gasteiger partial charge in [-0.3, -0.25) is 4.79 Å². The molecule has 0 bridgehead atoms. The van der Waals surface area contributed by atoms with Crippen LogP contribution >= 0.6 is 72.7 Å². The monoisotopic (exact) mass is 724 g/mol. The molecule has 5 nitrogen and oxygen atoms in total. The van der Waals surface area contributed by atoms with Crippen LogP contribution in [-0.2, 0) is 6.61 Å². The van der Waals surface area contributed by atoms with Crippen molar-refractivity contribution in [3.63, 3.8) is 0 Å². The first-order chi connectivity index (χ1) is 14.9. The van der Waals surface area contributed by atoms with Crippen LogP contribution in [0.2, 0.25) is 5.02 Å². The first kappa shape index (κ1) is 24.3. The number of amides is 1. The quantitative estimate of drug-likeness (QED) is 0.169. The summed E-state index contributed by atoms with van der Waals surface area (Å²) in [6.07, 6.45) is 1.58. The summed E-state index contributed by atoms with van der Waals surface area (Å²) in [5, 5.41) is 4.76. The van der Waals surface area contributed by atoms with Gasteiger partial charge in [0, 0.05) is 10.6 Å². The van der Waals surface area contributed by atoms with Gasteiger partial charge in [0.25, 0.3) is 5.91 Å². The van der Waals surface area contributed by atoms with Crippen molar-refractivity contribution in [2.75, 3.05) is 7.11 Å². The van der Waals surface area contributed by atoms with Gasteiger partial charge in [-0.05, 0) is 115 Å².